The lowest BCUT2D eigenvalue weighted by molar-refractivity contribution is -0.140. The summed E-state index contributed by atoms with van der Waals surface area (Å²) in [5, 5.41) is 2.54. The van der Waals surface area contributed by atoms with E-state index in [4.69, 9.17) is 5.73 Å². The summed E-state index contributed by atoms with van der Waals surface area (Å²) >= 11 is 0. The summed E-state index contributed by atoms with van der Waals surface area (Å²) in [6.07, 6.45) is 3.67. The third-order valence-corrected chi connectivity index (χ3v) is 3.37. The highest BCUT2D eigenvalue weighted by Gasteiger charge is 2.28. The third-order valence-electron chi connectivity index (χ3n) is 3.37. The number of nitrogens with two attached hydrogens (primary N) is 1. The lowest BCUT2D eigenvalue weighted by Gasteiger charge is -2.30. The maximum absolute atomic E-state index is 12.2. The van der Waals surface area contributed by atoms with Crippen LogP contribution in [0.15, 0.2) is 0 Å². The van der Waals surface area contributed by atoms with Crippen molar-refractivity contribution in [3.63, 3.8) is 0 Å². The second-order valence-electron chi connectivity index (χ2n) is 4.65. The van der Waals surface area contributed by atoms with Crippen LogP contribution in [0.2, 0.25) is 0 Å². The molecule has 5 heteroatoms. The van der Waals surface area contributed by atoms with Crippen molar-refractivity contribution >= 4 is 11.8 Å². The van der Waals surface area contributed by atoms with Crippen molar-refractivity contribution in [2.75, 3.05) is 20.1 Å². The van der Waals surface area contributed by atoms with Gasteiger partial charge in [0, 0.05) is 25.6 Å². The fraction of sp³-hybridized carbons (Fsp3) is 0.833. The lowest BCUT2D eigenvalue weighted by atomic mass is 9.85. The van der Waals surface area contributed by atoms with Crippen LogP contribution in [0.25, 0.3) is 0 Å². The predicted octanol–water partition coefficient (Wildman–Crippen LogP) is 0.0984. The quantitative estimate of drug-likeness (QED) is 0.733. The minimum Gasteiger partial charge on any atom is -0.358 e. The van der Waals surface area contributed by atoms with Crippen LogP contribution in [0, 0.1) is 5.92 Å². The molecule has 98 valence electrons. The number of nitrogens with one attached hydrogen (secondary N) is 1. The number of hydrogen-bond acceptors (Lipinski definition) is 3. The molecule has 0 heterocycles. The van der Waals surface area contributed by atoms with E-state index in [1.54, 1.807) is 11.9 Å². The number of nitrogens with zero attached hydrogens (tertiary/aromatic N) is 1. The molecule has 1 aliphatic rings. The molecule has 2 unspecified atom stereocenters. The molecule has 0 bridgehead atoms. The summed E-state index contributed by atoms with van der Waals surface area (Å²) in [5.74, 6) is -0.0464. The van der Waals surface area contributed by atoms with Gasteiger partial charge in [-0.1, -0.05) is 6.42 Å². The SMILES string of the molecule is CCN(CC(=O)NC)C(=O)C1CCCC(N)C1. The first-order chi connectivity index (χ1) is 8.08. The van der Waals surface area contributed by atoms with E-state index in [2.05, 4.69) is 5.32 Å². The van der Waals surface area contributed by atoms with Crippen LogP contribution < -0.4 is 11.1 Å². The summed E-state index contributed by atoms with van der Waals surface area (Å²) in [6, 6.07) is 0.136. The zero-order valence-electron chi connectivity index (χ0n) is 10.7. The van der Waals surface area contributed by atoms with E-state index >= 15 is 0 Å². The van der Waals surface area contributed by atoms with Crippen LogP contribution >= 0.6 is 0 Å². The van der Waals surface area contributed by atoms with Crippen LogP contribution in [0.3, 0.4) is 0 Å². The first-order valence-electron chi connectivity index (χ1n) is 6.33. The van der Waals surface area contributed by atoms with Crippen LogP contribution in [0.4, 0.5) is 0 Å². The maximum atomic E-state index is 12.2. The molecule has 3 N–H and O–H groups in total. The normalized spacial score (nSPS) is 24.2. The monoisotopic (exact) mass is 241 g/mol. The minimum atomic E-state index is -0.125. The second kappa shape index (κ2) is 6.59. The Labute approximate surface area is 103 Å². The fourth-order valence-electron chi connectivity index (χ4n) is 2.31. The highest BCUT2D eigenvalue weighted by molar-refractivity contribution is 5.85. The number of carbonyl (C=O) groups is 2. The van der Waals surface area contributed by atoms with Gasteiger partial charge < -0.3 is 16.0 Å². The average molecular weight is 241 g/mol. The Bertz CT molecular complexity index is 281. The van der Waals surface area contributed by atoms with Gasteiger partial charge in [-0.15, -0.1) is 0 Å². The van der Waals surface area contributed by atoms with Crippen molar-refractivity contribution in [3.8, 4) is 0 Å². The summed E-state index contributed by atoms with van der Waals surface area (Å²) < 4.78 is 0. The van der Waals surface area contributed by atoms with Gasteiger partial charge in [0.1, 0.15) is 0 Å². The number of hydrogen-bond donors (Lipinski definition) is 2. The summed E-state index contributed by atoms with van der Waals surface area (Å²) in [4.78, 5) is 25.1. The zero-order valence-corrected chi connectivity index (χ0v) is 10.7. The number of rotatable bonds is 4. The van der Waals surface area contributed by atoms with Gasteiger partial charge in [-0.2, -0.15) is 0 Å². The molecule has 0 saturated heterocycles. The third kappa shape index (κ3) is 4.00. The largest absolute Gasteiger partial charge is 0.358 e. The lowest BCUT2D eigenvalue weighted by Crippen LogP contribution is -2.44. The number of likely N-dealkylation sites (N-methyl/N-ethyl adjacent to an activating group) is 2. The van der Waals surface area contributed by atoms with Gasteiger partial charge in [-0.25, -0.2) is 0 Å². The molecule has 0 aromatic rings. The molecule has 1 fully saturated rings. The second-order valence-corrected chi connectivity index (χ2v) is 4.65. The molecule has 1 saturated carbocycles. The molecule has 5 nitrogen and oxygen atoms in total. The highest BCUT2D eigenvalue weighted by atomic mass is 16.2. The van der Waals surface area contributed by atoms with Gasteiger partial charge in [-0.3, -0.25) is 9.59 Å². The first-order valence-corrected chi connectivity index (χ1v) is 6.33. The molecule has 0 aromatic heterocycles. The minimum absolute atomic E-state index is 0.00311. The summed E-state index contributed by atoms with van der Waals surface area (Å²) in [7, 11) is 1.58. The van der Waals surface area contributed by atoms with E-state index in [9.17, 15) is 9.59 Å². The van der Waals surface area contributed by atoms with Gasteiger partial charge in [0.15, 0.2) is 0 Å². The fourth-order valence-corrected chi connectivity index (χ4v) is 2.31. The topological polar surface area (TPSA) is 75.4 Å². The van der Waals surface area contributed by atoms with Gasteiger partial charge in [0.25, 0.3) is 0 Å². The molecular formula is C12H23N3O2. The molecule has 0 aromatic carbocycles. The Morgan fingerprint density at radius 2 is 2.12 bits per heavy atom. The number of carbonyl (C=O) groups excluding carboxylic acids is 2. The average Bonchev–Trinajstić information content (AvgIpc) is 2.34. The Morgan fingerprint density at radius 3 is 2.65 bits per heavy atom. The summed E-state index contributed by atoms with van der Waals surface area (Å²) in [6.45, 7) is 2.61. The molecule has 1 rings (SSSR count). The number of amides is 2. The Kier molecular flexibility index (Phi) is 5.41. The van der Waals surface area contributed by atoms with Gasteiger partial charge >= 0.3 is 0 Å². The highest BCUT2D eigenvalue weighted by Crippen LogP contribution is 2.24. The van der Waals surface area contributed by atoms with E-state index in [1.165, 1.54) is 0 Å². The maximum Gasteiger partial charge on any atom is 0.239 e. The molecule has 0 radical (unpaired) electrons. The van der Waals surface area contributed by atoms with Crippen molar-refractivity contribution in [1.29, 1.82) is 0 Å². The molecule has 2 amide bonds. The zero-order chi connectivity index (χ0) is 12.8. The van der Waals surface area contributed by atoms with Gasteiger partial charge in [0.2, 0.25) is 11.8 Å². The molecule has 17 heavy (non-hydrogen) atoms. The van der Waals surface area contributed by atoms with Crippen molar-refractivity contribution in [2.24, 2.45) is 11.7 Å². The van der Waals surface area contributed by atoms with E-state index in [0.717, 1.165) is 25.7 Å². The van der Waals surface area contributed by atoms with E-state index in [0.29, 0.717) is 6.54 Å². The standard InChI is InChI=1S/C12H23N3O2/c1-3-15(8-11(16)14-2)12(17)9-5-4-6-10(13)7-9/h9-10H,3-8,13H2,1-2H3,(H,14,16). The molecule has 2 atom stereocenters. The van der Waals surface area contributed by atoms with E-state index < -0.39 is 0 Å². The van der Waals surface area contributed by atoms with Gasteiger partial charge in [0.05, 0.1) is 6.54 Å². The van der Waals surface area contributed by atoms with Crippen molar-refractivity contribution < 1.29 is 9.59 Å². The van der Waals surface area contributed by atoms with E-state index in [-0.39, 0.29) is 30.3 Å². The Hall–Kier alpha value is -1.10. The molecule has 1 aliphatic carbocycles. The van der Waals surface area contributed by atoms with Crippen LogP contribution in [0.1, 0.15) is 32.6 Å². The van der Waals surface area contributed by atoms with Crippen LogP contribution in [0.5, 0.6) is 0 Å². The summed E-state index contributed by atoms with van der Waals surface area (Å²) in [5.41, 5.74) is 5.88. The molecular weight excluding hydrogens is 218 g/mol. The smallest absolute Gasteiger partial charge is 0.239 e. The van der Waals surface area contributed by atoms with E-state index in [1.807, 2.05) is 6.92 Å². The molecule has 0 aliphatic heterocycles. The van der Waals surface area contributed by atoms with Crippen molar-refractivity contribution in [2.45, 2.75) is 38.6 Å². The van der Waals surface area contributed by atoms with Crippen molar-refractivity contribution in [3.05, 3.63) is 0 Å². The predicted molar refractivity (Wildman–Crippen MR) is 66.3 cm³/mol. The molecule has 0 spiro atoms. The van der Waals surface area contributed by atoms with Crippen molar-refractivity contribution in [1.82, 2.24) is 10.2 Å². The first kappa shape index (κ1) is 14.0. The van der Waals surface area contributed by atoms with Crippen LogP contribution in [-0.4, -0.2) is 42.9 Å². The Balaban J connectivity index is 2.55. The van der Waals surface area contributed by atoms with Gasteiger partial charge in [-0.05, 0) is 26.2 Å². The van der Waals surface area contributed by atoms with Crippen LogP contribution in [-0.2, 0) is 9.59 Å². The Morgan fingerprint density at radius 1 is 1.41 bits per heavy atom.